The van der Waals surface area contributed by atoms with Gasteiger partial charge in [-0.3, -0.25) is 9.59 Å². The van der Waals surface area contributed by atoms with Crippen molar-refractivity contribution in [2.24, 2.45) is 0 Å². The van der Waals surface area contributed by atoms with Crippen molar-refractivity contribution in [2.45, 2.75) is 75.6 Å². The maximum atomic E-state index is 12.6. The molecule has 2 aliphatic rings. The lowest BCUT2D eigenvalue weighted by atomic mass is 10.0. The number of rotatable bonds is 4. The van der Waals surface area contributed by atoms with E-state index < -0.39 is 26.5 Å². The fourth-order valence-electron chi connectivity index (χ4n) is 3.78. The molecule has 6 nitrogen and oxygen atoms in total. The second-order valence-corrected chi connectivity index (χ2v) is 9.37. The first-order chi connectivity index (χ1) is 10.7. The van der Waals surface area contributed by atoms with E-state index in [1.54, 1.807) is 11.8 Å². The van der Waals surface area contributed by atoms with Gasteiger partial charge >= 0.3 is 0 Å². The lowest BCUT2D eigenvalue weighted by molar-refractivity contribution is -0.139. The van der Waals surface area contributed by atoms with Gasteiger partial charge in [-0.15, -0.1) is 0 Å². The van der Waals surface area contributed by atoms with Gasteiger partial charge in [0.2, 0.25) is 11.8 Å². The van der Waals surface area contributed by atoms with Crippen LogP contribution in [0, 0.1) is 0 Å². The van der Waals surface area contributed by atoms with Crippen molar-refractivity contribution < 1.29 is 18.0 Å². The molecule has 0 aromatic rings. The summed E-state index contributed by atoms with van der Waals surface area (Å²) in [6.07, 6.45) is 6.33. The zero-order valence-corrected chi connectivity index (χ0v) is 15.1. The Morgan fingerprint density at radius 2 is 1.78 bits per heavy atom. The molecule has 0 radical (unpaired) electrons. The van der Waals surface area contributed by atoms with Crippen LogP contribution in [0.1, 0.15) is 58.8 Å². The van der Waals surface area contributed by atoms with Gasteiger partial charge in [-0.2, -0.15) is 0 Å². The number of hydrogen-bond donors (Lipinski definition) is 1. The minimum absolute atomic E-state index is 0.118. The maximum absolute atomic E-state index is 12.6. The summed E-state index contributed by atoms with van der Waals surface area (Å²) in [6, 6.07) is -0.520. The average Bonchev–Trinajstić information content (AvgIpc) is 2.97. The van der Waals surface area contributed by atoms with E-state index in [9.17, 15) is 18.0 Å². The van der Waals surface area contributed by atoms with Gasteiger partial charge in [0.15, 0.2) is 9.84 Å². The molecule has 0 aromatic carbocycles. The van der Waals surface area contributed by atoms with E-state index in [1.165, 1.54) is 0 Å². The molecule has 132 valence electrons. The molecule has 1 saturated heterocycles. The zero-order chi connectivity index (χ0) is 17.3. The summed E-state index contributed by atoms with van der Waals surface area (Å²) in [5.74, 6) is -0.629. The number of piperidine rings is 1. The van der Waals surface area contributed by atoms with Crippen molar-refractivity contribution in [1.29, 1.82) is 0 Å². The Morgan fingerprint density at radius 1 is 1.17 bits per heavy atom. The van der Waals surface area contributed by atoms with Crippen molar-refractivity contribution in [2.75, 3.05) is 12.8 Å². The molecule has 0 spiro atoms. The molecule has 2 amide bonds. The number of amides is 2. The summed E-state index contributed by atoms with van der Waals surface area (Å²) >= 11 is 0. The number of carbonyl (C=O) groups is 2. The molecule has 0 aromatic heterocycles. The molecule has 1 saturated carbocycles. The van der Waals surface area contributed by atoms with Crippen LogP contribution >= 0.6 is 0 Å². The normalized spacial score (nSPS) is 25.9. The first kappa shape index (κ1) is 18.2. The first-order valence-electron chi connectivity index (χ1n) is 8.50. The SMILES string of the molecule is CC(NC(=O)C1(S(C)(=O)=O)CCCC1)C(=O)N1CCCCC1C. The van der Waals surface area contributed by atoms with Gasteiger partial charge in [0.05, 0.1) is 0 Å². The molecule has 2 unspecified atom stereocenters. The molecule has 1 aliphatic carbocycles. The van der Waals surface area contributed by atoms with E-state index in [0.29, 0.717) is 19.4 Å². The van der Waals surface area contributed by atoms with Crippen LogP contribution in [0.3, 0.4) is 0 Å². The summed E-state index contributed by atoms with van der Waals surface area (Å²) < 4.78 is 22.9. The number of likely N-dealkylation sites (tertiary alicyclic amines) is 1. The third-order valence-corrected chi connectivity index (χ3v) is 7.35. The largest absolute Gasteiger partial charge is 0.343 e. The second-order valence-electron chi connectivity index (χ2n) is 7.05. The number of nitrogens with one attached hydrogen (secondary N) is 1. The van der Waals surface area contributed by atoms with Gasteiger partial charge in [-0.1, -0.05) is 12.8 Å². The van der Waals surface area contributed by atoms with Gasteiger partial charge in [-0.25, -0.2) is 8.42 Å². The Balaban J connectivity index is 2.08. The van der Waals surface area contributed by atoms with Gasteiger partial charge in [0.1, 0.15) is 10.8 Å². The van der Waals surface area contributed by atoms with Crippen LogP contribution in [0.5, 0.6) is 0 Å². The minimum atomic E-state index is -3.51. The molecular weight excluding hydrogens is 316 g/mol. The quantitative estimate of drug-likeness (QED) is 0.832. The number of hydrogen-bond acceptors (Lipinski definition) is 4. The summed E-state index contributed by atoms with van der Waals surface area (Å²) in [5.41, 5.74) is 0. The van der Waals surface area contributed by atoms with E-state index in [0.717, 1.165) is 38.4 Å². The highest BCUT2D eigenvalue weighted by Crippen LogP contribution is 2.36. The molecule has 0 bridgehead atoms. The van der Waals surface area contributed by atoms with Crippen molar-refractivity contribution in [3.8, 4) is 0 Å². The van der Waals surface area contributed by atoms with Crippen LogP contribution in [-0.2, 0) is 19.4 Å². The lowest BCUT2D eigenvalue weighted by Crippen LogP contribution is -2.57. The number of carbonyl (C=O) groups excluding carboxylic acids is 2. The zero-order valence-electron chi connectivity index (χ0n) is 14.3. The molecule has 2 fully saturated rings. The highest BCUT2D eigenvalue weighted by Gasteiger charge is 2.50. The molecule has 2 rings (SSSR count). The van der Waals surface area contributed by atoms with Crippen LogP contribution in [-0.4, -0.2) is 54.8 Å². The molecule has 7 heteroatoms. The Bertz CT molecular complexity index is 567. The van der Waals surface area contributed by atoms with E-state index in [1.807, 2.05) is 6.92 Å². The van der Waals surface area contributed by atoms with Crippen molar-refractivity contribution >= 4 is 21.7 Å². The van der Waals surface area contributed by atoms with E-state index in [2.05, 4.69) is 5.32 Å². The summed E-state index contributed by atoms with van der Waals surface area (Å²) in [7, 11) is -3.51. The number of nitrogens with zero attached hydrogens (tertiary/aromatic N) is 1. The molecule has 1 N–H and O–H groups in total. The van der Waals surface area contributed by atoms with Crippen LogP contribution in [0.2, 0.25) is 0 Å². The highest BCUT2D eigenvalue weighted by atomic mass is 32.2. The Hall–Kier alpha value is -1.11. The minimum Gasteiger partial charge on any atom is -0.343 e. The Kier molecular flexibility index (Phi) is 5.38. The van der Waals surface area contributed by atoms with Crippen LogP contribution in [0.4, 0.5) is 0 Å². The third kappa shape index (κ3) is 3.54. The van der Waals surface area contributed by atoms with Crippen LogP contribution < -0.4 is 5.32 Å². The fraction of sp³-hybridized carbons (Fsp3) is 0.875. The third-order valence-electron chi connectivity index (χ3n) is 5.34. The Labute approximate surface area is 138 Å². The van der Waals surface area contributed by atoms with Crippen molar-refractivity contribution in [3.05, 3.63) is 0 Å². The molecule has 1 aliphatic heterocycles. The standard InChI is InChI=1S/C16H28N2O4S/c1-12-8-4-7-11-18(12)14(19)13(2)17-15(20)16(23(3,21)22)9-5-6-10-16/h12-13H,4-11H2,1-3H3,(H,17,20). The van der Waals surface area contributed by atoms with Gasteiger partial charge < -0.3 is 10.2 Å². The van der Waals surface area contributed by atoms with Crippen molar-refractivity contribution in [3.63, 3.8) is 0 Å². The smallest absolute Gasteiger partial charge is 0.245 e. The molecule has 23 heavy (non-hydrogen) atoms. The summed E-state index contributed by atoms with van der Waals surface area (Å²) in [6.45, 7) is 4.37. The maximum Gasteiger partial charge on any atom is 0.245 e. The highest BCUT2D eigenvalue weighted by molar-refractivity contribution is 7.92. The topological polar surface area (TPSA) is 83.5 Å². The molecule has 1 heterocycles. The monoisotopic (exact) mass is 344 g/mol. The summed E-state index contributed by atoms with van der Waals surface area (Å²) in [4.78, 5) is 27.0. The van der Waals surface area contributed by atoms with Crippen molar-refractivity contribution in [1.82, 2.24) is 10.2 Å². The first-order valence-corrected chi connectivity index (χ1v) is 10.4. The van der Waals surface area contributed by atoms with Crippen LogP contribution in [0.15, 0.2) is 0 Å². The van der Waals surface area contributed by atoms with E-state index in [4.69, 9.17) is 0 Å². The van der Waals surface area contributed by atoms with E-state index >= 15 is 0 Å². The lowest BCUT2D eigenvalue weighted by Gasteiger charge is -2.36. The predicted octanol–water partition coefficient (Wildman–Crippen LogP) is 1.25. The molecule has 2 atom stereocenters. The van der Waals surface area contributed by atoms with Gasteiger partial charge in [0.25, 0.3) is 0 Å². The average molecular weight is 344 g/mol. The summed E-state index contributed by atoms with van der Waals surface area (Å²) in [5, 5.41) is 2.68. The second kappa shape index (κ2) is 6.79. The number of sulfone groups is 1. The predicted molar refractivity (Wildman–Crippen MR) is 88.7 cm³/mol. The van der Waals surface area contributed by atoms with Gasteiger partial charge in [0, 0.05) is 18.8 Å². The molecular formula is C16H28N2O4S. The van der Waals surface area contributed by atoms with E-state index in [-0.39, 0.29) is 11.9 Å². The Morgan fingerprint density at radius 3 is 2.30 bits per heavy atom. The fourth-order valence-corrected chi connectivity index (χ4v) is 5.20. The van der Waals surface area contributed by atoms with Gasteiger partial charge in [-0.05, 0) is 46.0 Å². The van der Waals surface area contributed by atoms with Crippen LogP contribution in [0.25, 0.3) is 0 Å².